The molecule has 0 saturated carbocycles. The van der Waals surface area contributed by atoms with Gasteiger partial charge in [0.15, 0.2) is 11.5 Å². The highest BCUT2D eigenvalue weighted by Crippen LogP contribution is 2.34. The lowest BCUT2D eigenvalue weighted by Gasteiger charge is -2.07. The second kappa shape index (κ2) is 6.81. The third kappa shape index (κ3) is 3.73. The van der Waals surface area contributed by atoms with Crippen LogP contribution in [0.25, 0.3) is 6.08 Å². The maximum Gasteiger partial charge on any atom is 0.348 e. The van der Waals surface area contributed by atoms with Gasteiger partial charge in [-0.15, -0.1) is 0 Å². The fraction of sp³-hybridized carbons (Fsp3) is 0.231. The van der Waals surface area contributed by atoms with E-state index in [1.165, 1.54) is 13.2 Å². The standard InChI is InChI=1S/C13H12BrNO4/c1-3-19-13(17)9(7-15)4-8-5-10(14)6-11(18-2)12(8)16/h4-6,16H,3H2,1-2H3. The number of esters is 1. The van der Waals surface area contributed by atoms with Crippen molar-refractivity contribution in [3.8, 4) is 17.6 Å². The lowest BCUT2D eigenvalue weighted by molar-refractivity contribution is -0.137. The van der Waals surface area contributed by atoms with Crippen molar-refractivity contribution in [3.63, 3.8) is 0 Å². The molecule has 0 spiro atoms. The average Bonchev–Trinajstić information content (AvgIpc) is 2.39. The van der Waals surface area contributed by atoms with Crippen molar-refractivity contribution < 1.29 is 19.4 Å². The van der Waals surface area contributed by atoms with Crippen molar-refractivity contribution in [2.45, 2.75) is 6.92 Å². The molecule has 0 radical (unpaired) electrons. The lowest BCUT2D eigenvalue weighted by atomic mass is 10.1. The minimum absolute atomic E-state index is 0.150. The van der Waals surface area contributed by atoms with Crippen LogP contribution in [0.2, 0.25) is 0 Å². The second-order valence-corrected chi connectivity index (χ2v) is 4.35. The van der Waals surface area contributed by atoms with Crippen LogP contribution in [0, 0.1) is 11.3 Å². The lowest BCUT2D eigenvalue weighted by Crippen LogP contribution is -2.06. The number of rotatable bonds is 4. The van der Waals surface area contributed by atoms with Gasteiger partial charge in [0.2, 0.25) is 0 Å². The molecule has 5 nitrogen and oxygen atoms in total. The summed E-state index contributed by atoms with van der Waals surface area (Å²) >= 11 is 3.25. The number of hydrogen-bond acceptors (Lipinski definition) is 5. The molecule has 100 valence electrons. The van der Waals surface area contributed by atoms with Gasteiger partial charge in [-0.25, -0.2) is 4.79 Å². The Labute approximate surface area is 119 Å². The van der Waals surface area contributed by atoms with Crippen molar-refractivity contribution in [3.05, 3.63) is 27.7 Å². The number of phenolic OH excluding ortho intramolecular Hbond substituents is 1. The zero-order chi connectivity index (χ0) is 14.4. The van der Waals surface area contributed by atoms with Crippen molar-refractivity contribution in [2.75, 3.05) is 13.7 Å². The first kappa shape index (κ1) is 15.1. The molecule has 0 bridgehead atoms. The number of nitrogens with zero attached hydrogens (tertiary/aromatic N) is 1. The van der Waals surface area contributed by atoms with Crippen LogP contribution in [0.15, 0.2) is 22.2 Å². The Morgan fingerprint density at radius 1 is 1.58 bits per heavy atom. The highest BCUT2D eigenvalue weighted by molar-refractivity contribution is 9.10. The van der Waals surface area contributed by atoms with E-state index in [1.807, 2.05) is 0 Å². The van der Waals surface area contributed by atoms with Gasteiger partial charge in [-0.3, -0.25) is 0 Å². The van der Waals surface area contributed by atoms with Crippen LogP contribution in [0.3, 0.4) is 0 Å². The van der Waals surface area contributed by atoms with E-state index < -0.39 is 5.97 Å². The Bertz CT molecular complexity index is 560. The molecule has 1 rings (SSSR count). The number of carbonyl (C=O) groups excluding carboxylic acids is 1. The normalized spacial score (nSPS) is 10.7. The second-order valence-electron chi connectivity index (χ2n) is 3.44. The minimum atomic E-state index is -0.733. The van der Waals surface area contributed by atoms with Crippen molar-refractivity contribution in [1.29, 1.82) is 5.26 Å². The van der Waals surface area contributed by atoms with Gasteiger partial charge in [-0.05, 0) is 25.1 Å². The summed E-state index contributed by atoms with van der Waals surface area (Å²) in [5.41, 5.74) is 0.0909. The van der Waals surface area contributed by atoms with Gasteiger partial charge < -0.3 is 14.6 Å². The summed E-state index contributed by atoms with van der Waals surface area (Å²) in [6, 6.07) is 4.88. The molecule has 1 N–H and O–H groups in total. The van der Waals surface area contributed by atoms with E-state index in [2.05, 4.69) is 15.9 Å². The maximum absolute atomic E-state index is 11.5. The summed E-state index contributed by atoms with van der Waals surface area (Å²) in [6.45, 7) is 1.82. The van der Waals surface area contributed by atoms with Gasteiger partial charge in [0.05, 0.1) is 13.7 Å². The van der Waals surface area contributed by atoms with Gasteiger partial charge in [0.25, 0.3) is 0 Å². The number of hydrogen-bond donors (Lipinski definition) is 1. The molecule has 1 aromatic rings. The minimum Gasteiger partial charge on any atom is -0.504 e. The molecule has 0 heterocycles. The van der Waals surface area contributed by atoms with Gasteiger partial charge in [-0.1, -0.05) is 15.9 Å². The quantitative estimate of drug-likeness (QED) is 0.523. The van der Waals surface area contributed by atoms with Crippen LogP contribution in [0.1, 0.15) is 12.5 Å². The number of methoxy groups -OCH3 is 1. The molecule has 0 aromatic heterocycles. The molecular formula is C13H12BrNO4. The average molecular weight is 326 g/mol. The predicted molar refractivity (Wildman–Crippen MR) is 72.6 cm³/mol. The van der Waals surface area contributed by atoms with E-state index in [9.17, 15) is 9.90 Å². The van der Waals surface area contributed by atoms with E-state index in [-0.39, 0.29) is 29.2 Å². The molecule has 0 atom stereocenters. The van der Waals surface area contributed by atoms with Crippen molar-refractivity contribution in [2.24, 2.45) is 0 Å². The zero-order valence-electron chi connectivity index (χ0n) is 10.4. The van der Waals surface area contributed by atoms with Gasteiger partial charge in [-0.2, -0.15) is 5.26 Å². The molecule has 0 aliphatic heterocycles. The Kier molecular flexibility index (Phi) is 5.39. The summed E-state index contributed by atoms with van der Waals surface area (Å²) in [5, 5.41) is 18.8. The summed E-state index contributed by atoms with van der Waals surface area (Å²) in [7, 11) is 1.41. The Hall–Kier alpha value is -2.00. The zero-order valence-corrected chi connectivity index (χ0v) is 12.0. The fourth-order valence-corrected chi connectivity index (χ4v) is 1.82. The van der Waals surface area contributed by atoms with Crippen LogP contribution < -0.4 is 4.74 Å². The monoisotopic (exact) mass is 325 g/mol. The number of ether oxygens (including phenoxy) is 2. The molecule has 1 aromatic carbocycles. The molecule has 6 heteroatoms. The SMILES string of the molecule is CCOC(=O)C(C#N)=Cc1cc(Br)cc(OC)c1O. The highest BCUT2D eigenvalue weighted by atomic mass is 79.9. The summed E-state index contributed by atoms with van der Waals surface area (Å²) < 4.78 is 10.4. The molecule has 0 aliphatic carbocycles. The largest absolute Gasteiger partial charge is 0.504 e. The maximum atomic E-state index is 11.5. The number of benzene rings is 1. The van der Waals surface area contributed by atoms with Gasteiger partial charge in [0, 0.05) is 10.0 Å². The number of aromatic hydroxyl groups is 1. The highest BCUT2D eigenvalue weighted by Gasteiger charge is 2.13. The molecule has 0 unspecified atom stereocenters. The van der Waals surface area contributed by atoms with E-state index in [4.69, 9.17) is 14.7 Å². The molecule has 0 amide bonds. The van der Waals surface area contributed by atoms with Crippen LogP contribution in [0.4, 0.5) is 0 Å². The van der Waals surface area contributed by atoms with E-state index >= 15 is 0 Å². The van der Waals surface area contributed by atoms with Crippen molar-refractivity contribution in [1.82, 2.24) is 0 Å². The van der Waals surface area contributed by atoms with E-state index in [0.29, 0.717) is 4.47 Å². The topological polar surface area (TPSA) is 79.6 Å². The fourth-order valence-electron chi connectivity index (χ4n) is 1.36. The first-order valence-corrected chi connectivity index (χ1v) is 6.18. The first-order chi connectivity index (χ1) is 9.03. The Balaban J connectivity index is 3.26. The third-order valence-corrected chi connectivity index (χ3v) is 2.66. The van der Waals surface area contributed by atoms with Crippen LogP contribution in [-0.2, 0) is 9.53 Å². The summed E-state index contributed by atoms with van der Waals surface area (Å²) in [6.07, 6.45) is 1.25. The molecule has 0 saturated heterocycles. The van der Waals surface area contributed by atoms with Crippen LogP contribution in [-0.4, -0.2) is 24.8 Å². The van der Waals surface area contributed by atoms with Crippen LogP contribution >= 0.6 is 15.9 Å². The third-order valence-electron chi connectivity index (χ3n) is 2.20. The Morgan fingerprint density at radius 3 is 2.79 bits per heavy atom. The molecule has 0 fully saturated rings. The van der Waals surface area contributed by atoms with Gasteiger partial charge in [0.1, 0.15) is 11.6 Å². The first-order valence-electron chi connectivity index (χ1n) is 5.38. The predicted octanol–water partition coefficient (Wildman–Crippen LogP) is 2.63. The van der Waals surface area contributed by atoms with Gasteiger partial charge >= 0.3 is 5.97 Å². The molecule has 19 heavy (non-hydrogen) atoms. The molecule has 0 aliphatic rings. The summed E-state index contributed by atoms with van der Waals surface area (Å²) in [4.78, 5) is 11.5. The smallest absolute Gasteiger partial charge is 0.348 e. The van der Waals surface area contributed by atoms with Crippen molar-refractivity contribution >= 4 is 28.0 Å². The van der Waals surface area contributed by atoms with E-state index in [0.717, 1.165) is 0 Å². The number of carbonyl (C=O) groups is 1. The van der Waals surface area contributed by atoms with Crippen LogP contribution in [0.5, 0.6) is 11.5 Å². The number of halogens is 1. The molecular weight excluding hydrogens is 314 g/mol. The summed E-state index contributed by atoms with van der Waals surface area (Å²) in [5.74, 6) is -0.645. The Morgan fingerprint density at radius 2 is 2.26 bits per heavy atom. The number of nitriles is 1. The van der Waals surface area contributed by atoms with E-state index in [1.54, 1.807) is 25.1 Å². The number of phenols is 1.